The molecule has 1 aromatic carbocycles. The first kappa shape index (κ1) is 14.3. The Hall–Kier alpha value is -2.07. The molecule has 1 aromatic heterocycles. The van der Waals surface area contributed by atoms with Crippen LogP contribution in [0.4, 0.5) is 5.82 Å². The Morgan fingerprint density at radius 1 is 1.25 bits per heavy atom. The van der Waals surface area contributed by atoms with E-state index in [1.807, 2.05) is 43.3 Å². The Labute approximate surface area is 120 Å². The molecule has 0 radical (unpaired) electrons. The fourth-order valence-corrected chi connectivity index (χ4v) is 2.23. The van der Waals surface area contributed by atoms with Crippen molar-refractivity contribution in [3.63, 3.8) is 0 Å². The quantitative estimate of drug-likeness (QED) is 0.848. The molecule has 20 heavy (non-hydrogen) atoms. The van der Waals surface area contributed by atoms with E-state index < -0.39 is 0 Å². The van der Waals surface area contributed by atoms with Crippen molar-refractivity contribution in [2.24, 2.45) is 0 Å². The molecular formula is C16H21N3O. The Kier molecular flexibility index (Phi) is 4.96. The molecule has 0 fully saturated rings. The van der Waals surface area contributed by atoms with Gasteiger partial charge in [0.1, 0.15) is 18.2 Å². The minimum atomic E-state index is 0.0360. The van der Waals surface area contributed by atoms with Crippen molar-refractivity contribution < 1.29 is 4.74 Å². The zero-order valence-electron chi connectivity index (χ0n) is 12.0. The van der Waals surface area contributed by atoms with Crippen molar-refractivity contribution >= 4 is 5.82 Å². The largest absolute Gasteiger partial charge is 0.492 e. The normalized spacial score (nSPS) is 12.1. The van der Waals surface area contributed by atoms with E-state index in [0.29, 0.717) is 12.4 Å². The van der Waals surface area contributed by atoms with Gasteiger partial charge in [0.25, 0.3) is 0 Å². The molecule has 3 N–H and O–H groups in total. The van der Waals surface area contributed by atoms with E-state index in [-0.39, 0.29) is 6.04 Å². The van der Waals surface area contributed by atoms with Gasteiger partial charge in [0, 0.05) is 11.8 Å². The van der Waals surface area contributed by atoms with E-state index in [1.54, 1.807) is 6.20 Å². The molecule has 2 aromatic rings. The van der Waals surface area contributed by atoms with Gasteiger partial charge in [0.2, 0.25) is 0 Å². The average Bonchev–Trinajstić information content (AvgIpc) is 2.45. The Morgan fingerprint density at radius 2 is 2.00 bits per heavy atom. The molecule has 0 aliphatic heterocycles. The second-order valence-electron chi connectivity index (χ2n) is 4.66. The average molecular weight is 271 g/mol. The highest BCUT2D eigenvalue weighted by molar-refractivity contribution is 5.46. The predicted molar refractivity (Wildman–Crippen MR) is 81.7 cm³/mol. The van der Waals surface area contributed by atoms with Gasteiger partial charge in [0.05, 0.1) is 6.04 Å². The van der Waals surface area contributed by atoms with E-state index >= 15 is 0 Å². The van der Waals surface area contributed by atoms with Gasteiger partial charge in [-0.15, -0.1) is 0 Å². The molecule has 0 spiro atoms. The highest BCUT2D eigenvalue weighted by atomic mass is 16.5. The maximum atomic E-state index is 6.01. The number of aromatic nitrogens is 1. The van der Waals surface area contributed by atoms with Crippen LogP contribution in [0, 0.1) is 6.92 Å². The number of benzene rings is 1. The van der Waals surface area contributed by atoms with Gasteiger partial charge in [-0.25, -0.2) is 4.98 Å². The van der Waals surface area contributed by atoms with Crippen molar-refractivity contribution in [1.82, 2.24) is 10.3 Å². The van der Waals surface area contributed by atoms with E-state index in [9.17, 15) is 0 Å². The first-order valence-corrected chi connectivity index (χ1v) is 6.84. The highest BCUT2D eigenvalue weighted by Crippen LogP contribution is 2.23. The van der Waals surface area contributed by atoms with Gasteiger partial charge in [0.15, 0.2) is 0 Å². The molecule has 0 saturated heterocycles. The number of nitrogens with two attached hydrogens (primary N) is 1. The number of rotatable bonds is 6. The SMILES string of the molecule is CCNC(COc1ccccc1)c1c(C)ccnc1N. The van der Waals surface area contributed by atoms with Crippen molar-refractivity contribution in [1.29, 1.82) is 0 Å². The molecule has 0 bridgehead atoms. The molecule has 1 atom stereocenters. The molecule has 2 rings (SSSR count). The van der Waals surface area contributed by atoms with Crippen LogP contribution in [0.1, 0.15) is 24.1 Å². The summed E-state index contributed by atoms with van der Waals surface area (Å²) < 4.78 is 5.84. The van der Waals surface area contributed by atoms with Crippen LogP contribution < -0.4 is 15.8 Å². The summed E-state index contributed by atoms with van der Waals surface area (Å²) in [5.74, 6) is 1.42. The molecule has 0 amide bonds. The standard InChI is InChI=1S/C16H21N3O/c1-3-18-14(11-20-13-7-5-4-6-8-13)15-12(2)9-10-19-16(15)17/h4-10,14,18H,3,11H2,1-2H3,(H2,17,19). The third-order valence-electron chi connectivity index (χ3n) is 3.20. The van der Waals surface area contributed by atoms with Crippen LogP contribution in [0.3, 0.4) is 0 Å². The van der Waals surface area contributed by atoms with Crippen LogP contribution in [-0.4, -0.2) is 18.1 Å². The number of nitrogens with one attached hydrogen (secondary N) is 1. The van der Waals surface area contributed by atoms with Crippen LogP contribution in [-0.2, 0) is 0 Å². The van der Waals surface area contributed by atoms with Gasteiger partial charge in [-0.05, 0) is 37.2 Å². The third-order valence-corrected chi connectivity index (χ3v) is 3.20. The van der Waals surface area contributed by atoms with Crippen LogP contribution in [0.2, 0.25) is 0 Å². The molecule has 0 aliphatic carbocycles. The van der Waals surface area contributed by atoms with Crippen LogP contribution in [0.5, 0.6) is 5.75 Å². The fourth-order valence-electron chi connectivity index (χ4n) is 2.23. The number of aryl methyl sites for hydroxylation is 1. The van der Waals surface area contributed by atoms with Crippen molar-refractivity contribution in [3.05, 3.63) is 53.7 Å². The van der Waals surface area contributed by atoms with Gasteiger partial charge in [-0.1, -0.05) is 25.1 Å². The molecule has 4 heteroatoms. The Balaban J connectivity index is 2.15. The molecule has 0 saturated carbocycles. The van der Waals surface area contributed by atoms with E-state index in [4.69, 9.17) is 10.5 Å². The lowest BCUT2D eigenvalue weighted by Gasteiger charge is -2.21. The van der Waals surface area contributed by atoms with E-state index in [1.165, 1.54) is 0 Å². The predicted octanol–water partition coefficient (Wildman–Crippen LogP) is 2.70. The Bertz CT molecular complexity index is 522. The number of pyridine rings is 1. The lowest BCUT2D eigenvalue weighted by atomic mass is 10.0. The summed E-state index contributed by atoms with van der Waals surface area (Å²) in [6, 6.07) is 11.8. The summed E-state index contributed by atoms with van der Waals surface area (Å²) in [6.07, 6.45) is 1.73. The first-order valence-electron chi connectivity index (χ1n) is 6.84. The lowest BCUT2D eigenvalue weighted by molar-refractivity contribution is 0.268. The van der Waals surface area contributed by atoms with Crippen LogP contribution in [0.25, 0.3) is 0 Å². The maximum Gasteiger partial charge on any atom is 0.128 e. The lowest BCUT2D eigenvalue weighted by Crippen LogP contribution is -2.28. The van der Waals surface area contributed by atoms with Gasteiger partial charge in [-0.3, -0.25) is 0 Å². The Morgan fingerprint density at radius 3 is 2.65 bits per heavy atom. The van der Waals surface area contributed by atoms with Crippen LogP contribution >= 0.6 is 0 Å². The summed E-state index contributed by atoms with van der Waals surface area (Å²) in [5.41, 5.74) is 8.16. The molecule has 4 nitrogen and oxygen atoms in total. The minimum Gasteiger partial charge on any atom is -0.492 e. The molecule has 0 aliphatic rings. The van der Waals surface area contributed by atoms with Crippen molar-refractivity contribution in [2.75, 3.05) is 18.9 Å². The number of ether oxygens (including phenoxy) is 1. The topological polar surface area (TPSA) is 60.2 Å². The maximum absolute atomic E-state index is 6.01. The molecular weight excluding hydrogens is 250 g/mol. The zero-order valence-corrected chi connectivity index (χ0v) is 12.0. The number of para-hydroxylation sites is 1. The number of hydrogen-bond acceptors (Lipinski definition) is 4. The minimum absolute atomic E-state index is 0.0360. The fraction of sp³-hybridized carbons (Fsp3) is 0.312. The summed E-state index contributed by atoms with van der Waals surface area (Å²) in [4.78, 5) is 4.18. The second kappa shape index (κ2) is 6.91. The third kappa shape index (κ3) is 3.48. The van der Waals surface area contributed by atoms with Crippen molar-refractivity contribution in [3.8, 4) is 5.75 Å². The highest BCUT2D eigenvalue weighted by Gasteiger charge is 2.17. The number of anilines is 1. The van der Waals surface area contributed by atoms with E-state index in [0.717, 1.165) is 23.4 Å². The summed E-state index contributed by atoms with van der Waals surface area (Å²) in [6.45, 7) is 5.48. The number of nitrogens with zero attached hydrogens (tertiary/aromatic N) is 1. The number of hydrogen-bond donors (Lipinski definition) is 2. The van der Waals surface area contributed by atoms with Gasteiger partial charge < -0.3 is 15.8 Å². The van der Waals surface area contributed by atoms with Gasteiger partial charge in [-0.2, -0.15) is 0 Å². The summed E-state index contributed by atoms with van der Waals surface area (Å²) >= 11 is 0. The molecule has 106 valence electrons. The van der Waals surface area contributed by atoms with E-state index in [2.05, 4.69) is 17.2 Å². The molecule has 1 heterocycles. The van der Waals surface area contributed by atoms with Crippen LogP contribution in [0.15, 0.2) is 42.6 Å². The van der Waals surface area contributed by atoms with Gasteiger partial charge >= 0.3 is 0 Å². The van der Waals surface area contributed by atoms with Crippen molar-refractivity contribution in [2.45, 2.75) is 19.9 Å². The smallest absolute Gasteiger partial charge is 0.128 e. The summed E-state index contributed by atoms with van der Waals surface area (Å²) in [7, 11) is 0. The number of nitrogen functional groups attached to an aromatic ring is 1. The zero-order chi connectivity index (χ0) is 14.4. The first-order chi connectivity index (χ1) is 9.72. The number of likely N-dealkylation sites (N-methyl/N-ethyl adjacent to an activating group) is 1. The monoisotopic (exact) mass is 271 g/mol. The second-order valence-corrected chi connectivity index (χ2v) is 4.66. The summed E-state index contributed by atoms with van der Waals surface area (Å²) in [5, 5.41) is 3.41. The molecule has 1 unspecified atom stereocenters.